The van der Waals surface area contributed by atoms with Crippen molar-refractivity contribution in [3.63, 3.8) is 0 Å². The van der Waals surface area contributed by atoms with Gasteiger partial charge < -0.3 is 20.1 Å². The van der Waals surface area contributed by atoms with Crippen molar-refractivity contribution >= 4 is 0 Å². The highest BCUT2D eigenvalue weighted by Gasteiger charge is 2.39. The molecule has 1 fully saturated rings. The van der Waals surface area contributed by atoms with Gasteiger partial charge in [0.1, 0.15) is 17.1 Å². The molecule has 1 saturated heterocycles. The minimum absolute atomic E-state index is 0.0307. The smallest absolute Gasteiger partial charge is 0.127 e. The fraction of sp³-hybridized carbons (Fsp3) is 0.647. The topological polar surface area (TPSA) is 47.7 Å². The molecule has 2 aliphatic rings. The Morgan fingerprint density at radius 2 is 2.10 bits per heavy atom. The first-order valence-electron chi connectivity index (χ1n) is 8.12. The van der Waals surface area contributed by atoms with Gasteiger partial charge in [0, 0.05) is 32.2 Å². The monoisotopic (exact) mass is 290 g/mol. The standard InChI is InChI=1S/C17H26N2O2/c1-2-20-15-4-3-14-5-6-17(21-16(14)13-15)7-10-19(11-8-17)12-9-18/h3-4,13H,2,5-12,18H2,1H3. The van der Waals surface area contributed by atoms with E-state index in [1.807, 2.05) is 13.0 Å². The van der Waals surface area contributed by atoms with Crippen molar-refractivity contribution in [2.75, 3.05) is 32.8 Å². The minimum atomic E-state index is 0.0307. The molecule has 3 rings (SSSR count). The zero-order valence-corrected chi connectivity index (χ0v) is 12.9. The summed E-state index contributed by atoms with van der Waals surface area (Å²) in [6.45, 7) is 6.64. The quantitative estimate of drug-likeness (QED) is 0.923. The first-order valence-corrected chi connectivity index (χ1v) is 8.12. The number of ether oxygens (including phenoxy) is 2. The summed E-state index contributed by atoms with van der Waals surface area (Å²) in [6, 6.07) is 6.26. The van der Waals surface area contributed by atoms with Crippen molar-refractivity contribution in [2.24, 2.45) is 5.73 Å². The summed E-state index contributed by atoms with van der Waals surface area (Å²) in [6.07, 6.45) is 4.44. The fourth-order valence-corrected chi connectivity index (χ4v) is 3.46. The Hall–Kier alpha value is -1.26. The van der Waals surface area contributed by atoms with Crippen LogP contribution in [0.2, 0.25) is 0 Å². The molecule has 0 atom stereocenters. The molecule has 0 unspecified atom stereocenters. The summed E-state index contributed by atoms with van der Waals surface area (Å²) in [5, 5.41) is 0. The van der Waals surface area contributed by atoms with Gasteiger partial charge in [-0.3, -0.25) is 0 Å². The van der Waals surface area contributed by atoms with E-state index < -0.39 is 0 Å². The van der Waals surface area contributed by atoms with Gasteiger partial charge in [-0.25, -0.2) is 0 Å². The van der Waals surface area contributed by atoms with E-state index in [4.69, 9.17) is 15.2 Å². The number of nitrogens with zero attached hydrogens (tertiary/aromatic N) is 1. The number of piperidine rings is 1. The summed E-state index contributed by atoms with van der Waals surface area (Å²) in [4.78, 5) is 2.45. The van der Waals surface area contributed by atoms with Crippen LogP contribution in [0.4, 0.5) is 0 Å². The van der Waals surface area contributed by atoms with Crippen LogP contribution >= 0.6 is 0 Å². The van der Waals surface area contributed by atoms with Crippen LogP contribution in [0.1, 0.15) is 31.7 Å². The Bertz CT molecular complexity index is 482. The summed E-state index contributed by atoms with van der Waals surface area (Å²) in [5.41, 5.74) is 6.99. The molecule has 4 nitrogen and oxygen atoms in total. The number of benzene rings is 1. The van der Waals surface area contributed by atoms with Gasteiger partial charge in [-0.15, -0.1) is 0 Å². The number of aryl methyl sites for hydroxylation is 1. The van der Waals surface area contributed by atoms with Gasteiger partial charge >= 0.3 is 0 Å². The van der Waals surface area contributed by atoms with E-state index in [0.717, 1.165) is 63.4 Å². The second-order valence-corrected chi connectivity index (χ2v) is 6.12. The number of likely N-dealkylation sites (tertiary alicyclic amines) is 1. The highest BCUT2D eigenvalue weighted by atomic mass is 16.5. The minimum Gasteiger partial charge on any atom is -0.494 e. The molecule has 21 heavy (non-hydrogen) atoms. The molecular weight excluding hydrogens is 264 g/mol. The second kappa shape index (κ2) is 6.24. The lowest BCUT2D eigenvalue weighted by Crippen LogP contribution is -2.50. The molecule has 2 aliphatic heterocycles. The average molecular weight is 290 g/mol. The van der Waals surface area contributed by atoms with Crippen LogP contribution in [-0.2, 0) is 6.42 Å². The van der Waals surface area contributed by atoms with Crippen molar-refractivity contribution in [1.29, 1.82) is 0 Å². The van der Waals surface area contributed by atoms with Crippen LogP contribution in [0.3, 0.4) is 0 Å². The first-order chi connectivity index (χ1) is 10.2. The zero-order chi connectivity index (χ0) is 14.7. The van der Waals surface area contributed by atoms with Crippen LogP contribution in [0.25, 0.3) is 0 Å². The van der Waals surface area contributed by atoms with Gasteiger partial charge in [0.15, 0.2) is 0 Å². The molecule has 0 radical (unpaired) electrons. The van der Waals surface area contributed by atoms with Crippen molar-refractivity contribution in [3.8, 4) is 11.5 Å². The van der Waals surface area contributed by atoms with E-state index in [9.17, 15) is 0 Å². The van der Waals surface area contributed by atoms with Gasteiger partial charge in [0.25, 0.3) is 0 Å². The van der Waals surface area contributed by atoms with Crippen molar-refractivity contribution in [2.45, 2.75) is 38.2 Å². The molecule has 0 aromatic heterocycles. The third-order valence-electron chi connectivity index (χ3n) is 4.74. The van der Waals surface area contributed by atoms with Gasteiger partial charge in [-0.2, -0.15) is 0 Å². The van der Waals surface area contributed by atoms with E-state index in [1.165, 1.54) is 5.56 Å². The average Bonchev–Trinajstić information content (AvgIpc) is 2.50. The molecule has 1 aromatic carbocycles. The number of rotatable bonds is 4. The molecule has 2 N–H and O–H groups in total. The summed E-state index contributed by atoms with van der Waals surface area (Å²) < 4.78 is 12.0. The maximum atomic E-state index is 6.44. The second-order valence-electron chi connectivity index (χ2n) is 6.12. The molecule has 4 heteroatoms. The van der Waals surface area contributed by atoms with Crippen LogP contribution < -0.4 is 15.2 Å². The van der Waals surface area contributed by atoms with E-state index >= 15 is 0 Å². The Morgan fingerprint density at radius 3 is 2.81 bits per heavy atom. The van der Waals surface area contributed by atoms with Crippen LogP contribution in [0.5, 0.6) is 11.5 Å². The normalized spacial score (nSPS) is 20.9. The third-order valence-corrected chi connectivity index (χ3v) is 4.74. The molecule has 0 aliphatic carbocycles. The van der Waals surface area contributed by atoms with Crippen molar-refractivity contribution in [3.05, 3.63) is 23.8 Å². The molecule has 1 aromatic rings. The highest BCUT2D eigenvalue weighted by molar-refractivity contribution is 5.42. The van der Waals surface area contributed by atoms with Crippen molar-refractivity contribution in [1.82, 2.24) is 4.90 Å². The van der Waals surface area contributed by atoms with E-state index in [0.29, 0.717) is 6.61 Å². The number of fused-ring (bicyclic) bond motifs is 1. The molecule has 116 valence electrons. The highest BCUT2D eigenvalue weighted by Crippen LogP contribution is 2.40. The molecular formula is C17H26N2O2. The predicted molar refractivity (Wildman–Crippen MR) is 84.0 cm³/mol. The number of hydrogen-bond acceptors (Lipinski definition) is 4. The Kier molecular flexibility index (Phi) is 4.36. The van der Waals surface area contributed by atoms with E-state index in [1.54, 1.807) is 0 Å². The molecule has 0 saturated carbocycles. The molecule has 0 bridgehead atoms. The van der Waals surface area contributed by atoms with Gasteiger partial charge in [-0.05, 0) is 44.2 Å². The number of hydrogen-bond donors (Lipinski definition) is 1. The van der Waals surface area contributed by atoms with Gasteiger partial charge in [0.05, 0.1) is 6.61 Å². The SMILES string of the molecule is CCOc1ccc2c(c1)OC1(CC2)CCN(CCN)CC1. The zero-order valence-electron chi connectivity index (χ0n) is 12.9. The Morgan fingerprint density at radius 1 is 1.29 bits per heavy atom. The summed E-state index contributed by atoms with van der Waals surface area (Å²) in [7, 11) is 0. The maximum Gasteiger partial charge on any atom is 0.127 e. The summed E-state index contributed by atoms with van der Waals surface area (Å²) in [5.74, 6) is 1.94. The predicted octanol–water partition coefficient (Wildman–Crippen LogP) is 2.20. The number of nitrogens with two attached hydrogens (primary N) is 1. The third kappa shape index (κ3) is 3.16. The molecule has 2 heterocycles. The fourth-order valence-electron chi connectivity index (χ4n) is 3.46. The van der Waals surface area contributed by atoms with Crippen LogP contribution in [-0.4, -0.2) is 43.3 Å². The maximum absolute atomic E-state index is 6.44. The Labute approximate surface area is 127 Å². The molecule has 1 spiro atoms. The van der Waals surface area contributed by atoms with Crippen LogP contribution in [0, 0.1) is 0 Å². The Balaban J connectivity index is 1.70. The lowest BCUT2D eigenvalue weighted by Gasteiger charge is -2.44. The first kappa shape index (κ1) is 14.7. The van der Waals surface area contributed by atoms with Crippen LogP contribution in [0.15, 0.2) is 18.2 Å². The lowest BCUT2D eigenvalue weighted by atomic mass is 9.83. The van der Waals surface area contributed by atoms with Gasteiger partial charge in [0.2, 0.25) is 0 Å². The lowest BCUT2D eigenvalue weighted by molar-refractivity contribution is -0.0139. The van der Waals surface area contributed by atoms with Crippen molar-refractivity contribution < 1.29 is 9.47 Å². The van der Waals surface area contributed by atoms with E-state index in [-0.39, 0.29) is 5.60 Å². The van der Waals surface area contributed by atoms with Gasteiger partial charge in [-0.1, -0.05) is 6.07 Å². The molecule has 0 amide bonds. The largest absolute Gasteiger partial charge is 0.494 e. The summed E-state index contributed by atoms with van der Waals surface area (Å²) >= 11 is 0. The van der Waals surface area contributed by atoms with E-state index in [2.05, 4.69) is 17.0 Å².